The van der Waals surface area contributed by atoms with Crippen LogP contribution in [0, 0.1) is 6.92 Å². The minimum absolute atomic E-state index is 0.304. The molecule has 0 N–H and O–H groups in total. The number of hydrogen-bond donors (Lipinski definition) is 0. The lowest BCUT2D eigenvalue weighted by Gasteiger charge is -2.33. The van der Waals surface area contributed by atoms with Crippen molar-refractivity contribution in [1.29, 1.82) is 0 Å². The first kappa shape index (κ1) is 35.4. The van der Waals surface area contributed by atoms with Gasteiger partial charge in [0, 0.05) is 119 Å². The topological polar surface area (TPSA) is 117 Å². The molecule has 6 aromatic rings. The summed E-state index contributed by atoms with van der Waals surface area (Å²) in [4.78, 5) is 50.3. The SMILES string of the molecule is Cc1cccc(CN2CCN(C(=O)Oc3ccc4cccnc4c3)CC2)n1.O=C(Oc1ccc2cccnc2c1)N1CCN(Cc2cccnc2)CC1. The highest BCUT2D eigenvalue weighted by atomic mass is 16.6. The number of carbonyl (C=O) groups is 2. The lowest BCUT2D eigenvalue weighted by molar-refractivity contribution is 0.107. The molecule has 8 rings (SSSR count). The van der Waals surface area contributed by atoms with E-state index in [0.29, 0.717) is 37.7 Å². The number of rotatable bonds is 6. The van der Waals surface area contributed by atoms with Crippen LogP contribution < -0.4 is 9.47 Å². The molecule has 2 aliphatic rings. The van der Waals surface area contributed by atoms with Gasteiger partial charge >= 0.3 is 12.2 Å². The van der Waals surface area contributed by atoms with Gasteiger partial charge < -0.3 is 19.3 Å². The highest BCUT2D eigenvalue weighted by Crippen LogP contribution is 2.21. The van der Waals surface area contributed by atoms with Gasteiger partial charge in [0.15, 0.2) is 0 Å². The van der Waals surface area contributed by atoms with Crippen LogP contribution in [0.15, 0.2) is 116 Å². The summed E-state index contributed by atoms with van der Waals surface area (Å²) in [6.45, 7) is 9.54. The van der Waals surface area contributed by atoms with Gasteiger partial charge in [-0.15, -0.1) is 0 Å². The maximum Gasteiger partial charge on any atom is 0.415 e. The largest absolute Gasteiger partial charge is 0.415 e. The monoisotopic (exact) mass is 710 g/mol. The first-order valence-electron chi connectivity index (χ1n) is 17.8. The summed E-state index contributed by atoms with van der Waals surface area (Å²) in [7, 11) is 0. The molecule has 2 aliphatic heterocycles. The Labute approximate surface area is 308 Å². The van der Waals surface area contributed by atoms with Gasteiger partial charge in [-0.2, -0.15) is 0 Å². The zero-order valence-electron chi connectivity index (χ0n) is 29.8. The number of carbonyl (C=O) groups excluding carboxylic acids is 2. The van der Waals surface area contributed by atoms with Gasteiger partial charge in [0.05, 0.1) is 16.7 Å². The third-order valence-electron chi connectivity index (χ3n) is 9.29. The summed E-state index contributed by atoms with van der Waals surface area (Å²) in [6.07, 6.45) is 6.51. The Kier molecular flexibility index (Phi) is 11.4. The van der Waals surface area contributed by atoms with E-state index in [9.17, 15) is 9.59 Å². The number of amides is 2. The van der Waals surface area contributed by atoms with E-state index >= 15 is 0 Å². The number of fused-ring (bicyclic) bond motifs is 2. The number of pyridine rings is 4. The summed E-state index contributed by atoms with van der Waals surface area (Å²) in [5.41, 5.74) is 4.92. The van der Waals surface area contributed by atoms with E-state index in [2.05, 4.69) is 35.8 Å². The van der Waals surface area contributed by atoms with Crippen LogP contribution in [-0.4, -0.2) is 104 Å². The molecule has 0 aliphatic carbocycles. The van der Waals surface area contributed by atoms with Crippen LogP contribution in [0.25, 0.3) is 21.8 Å². The van der Waals surface area contributed by atoms with Crippen molar-refractivity contribution in [3.8, 4) is 11.5 Å². The molecular weight excluding hydrogens is 669 g/mol. The maximum absolute atomic E-state index is 12.5. The van der Waals surface area contributed by atoms with Crippen LogP contribution in [0.5, 0.6) is 11.5 Å². The van der Waals surface area contributed by atoms with Gasteiger partial charge in [0.25, 0.3) is 0 Å². The molecule has 0 unspecified atom stereocenters. The van der Waals surface area contributed by atoms with E-state index in [1.165, 1.54) is 5.56 Å². The van der Waals surface area contributed by atoms with E-state index in [0.717, 1.165) is 72.5 Å². The second-order valence-corrected chi connectivity index (χ2v) is 13.1. The summed E-state index contributed by atoms with van der Waals surface area (Å²) >= 11 is 0. The predicted molar refractivity (Wildman–Crippen MR) is 202 cm³/mol. The van der Waals surface area contributed by atoms with Crippen LogP contribution in [0.3, 0.4) is 0 Å². The molecule has 0 radical (unpaired) electrons. The van der Waals surface area contributed by atoms with Gasteiger partial charge in [0.2, 0.25) is 0 Å². The third-order valence-corrected chi connectivity index (χ3v) is 9.29. The molecule has 12 heteroatoms. The summed E-state index contributed by atoms with van der Waals surface area (Å²) in [5.74, 6) is 1.05. The molecule has 270 valence electrons. The normalized spacial score (nSPS) is 15.1. The van der Waals surface area contributed by atoms with Crippen molar-refractivity contribution in [1.82, 2.24) is 39.5 Å². The Morgan fingerprint density at radius 2 is 1.15 bits per heavy atom. The number of aryl methyl sites for hydroxylation is 1. The van der Waals surface area contributed by atoms with Gasteiger partial charge in [-0.05, 0) is 67.1 Å². The van der Waals surface area contributed by atoms with E-state index in [1.54, 1.807) is 46.6 Å². The van der Waals surface area contributed by atoms with Crippen LogP contribution in [-0.2, 0) is 13.1 Å². The molecule has 0 spiro atoms. The van der Waals surface area contributed by atoms with E-state index < -0.39 is 0 Å². The fourth-order valence-electron chi connectivity index (χ4n) is 6.39. The summed E-state index contributed by atoms with van der Waals surface area (Å²) in [5, 5.41) is 2.05. The minimum Gasteiger partial charge on any atom is -0.410 e. The number of hydrogen-bond acceptors (Lipinski definition) is 10. The molecule has 0 bridgehead atoms. The van der Waals surface area contributed by atoms with Crippen LogP contribution in [0.4, 0.5) is 9.59 Å². The number of aromatic nitrogens is 4. The predicted octanol–water partition coefficient (Wildman–Crippen LogP) is 6.20. The average molecular weight is 711 g/mol. The Morgan fingerprint density at radius 3 is 1.68 bits per heavy atom. The summed E-state index contributed by atoms with van der Waals surface area (Å²) < 4.78 is 11.1. The van der Waals surface area contributed by atoms with E-state index in [1.807, 2.05) is 79.9 Å². The Bertz CT molecular complexity index is 2150. The Hall–Kier alpha value is -5.98. The van der Waals surface area contributed by atoms with E-state index in [4.69, 9.17) is 9.47 Å². The van der Waals surface area contributed by atoms with Gasteiger partial charge in [-0.3, -0.25) is 29.7 Å². The van der Waals surface area contributed by atoms with Crippen LogP contribution in [0.2, 0.25) is 0 Å². The van der Waals surface area contributed by atoms with E-state index in [-0.39, 0.29) is 12.2 Å². The molecule has 2 saturated heterocycles. The highest BCUT2D eigenvalue weighted by molar-refractivity contribution is 5.82. The Balaban J connectivity index is 0.000000164. The Morgan fingerprint density at radius 1 is 0.604 bits per heavy atom. The molecule has 53 heavy (non-hydrogen) atoms. The highest BCUT2D eigenvalue weighted by Gasteiger charge is 2.24. The molecule has 4 aromatic heterocycles. The number of ether oxygens (including phenoxy) is 2. The van der Waals surface area contributed by atoms with Gasteiger partial charge in [0.1, 0.15) is 11.5 Å². The van der Waals surface area contributed by atoms with Crippen molar-refractivity contribution in [2.45, 2.75) is 20.0 Å². The lowest BCUT2D eigenvalue weighted by Crippen LogP contribution is -2.49. The fourth-order valence-corrected chi connectivity index (χ4v) is 6.39. The molecule has 2 aromatic carbocycles. The molecule has 12 nitrogen and oxygen atoms in total. The molecule has 6 heterocycles. The van der Waals surface area contributed by atoms with Crippen LogP contribution >= 0.6 is 0 Å². The first-order valence-corrected chi connectivity index (χ1v) is 17.8. The number of nitrogens with zero attached hydrogens (tertiary/aromatic N) is 8. The second-order valence-electron chi connectivity index (χ2n) is 13.1. The van der Waals surface area contributed by atoms with Crippen molar-refractivity contribution in [3.05, 3.63) is 133 Å². The molecule has 2 fully saturated rings. The smallest absolute Gasteiger partial charge is 0.410 e. The van der Waals surface area contributed by atoms with Crippen molar-refractivity contribution in [2.75, 3.05) is 52.4 Å². The zero-order valence-corrected chi connectivity index (χ0v) is 29.8. The van der Waals surface area contributed by atoms with Gasteiger partial charge in [-0.1, -0.05) is 24.3 Å². The van der Waals surface area contributed by atoms with Crippen molar-refractivity contribution < 1.29 is 19.1 Å². The van der Waals surface area contributed by atoms with Crippen molar-refractivity contribution in [3.63, 3.8) is 0 Å². The lowest BCUT2D eigenvalue weighted by atomic mass is 10.2. The average Bonchev–Trinajstić information content (AvgIpc) is 3.19. The van der Waals surface area contributed by atoms with Crippen LogP contribution in [0.1, 0.15) is 17.0 Å². The summed E-state index contributed by atoms with van der Waals surface area (Å²) in [6, 6.07) is 28.9. The zero-order chi connectivity index (χ0) is 36.4. The third kappa shape index (κ3) is 9.67. The maximum atomic E-state index is 12.5. The standard InChI is InChI=1S/C21H22N4O2.C20H20N4O2/c1-16-4-2-6-18(23-16)15-24-10-12-25(13-11-24)21(26)27-19-8-7-17-5-3-9-22-20(17)14-19;25-20(26-18-6-5-17-4-2-8-22-19(17)13-18)24-11-9-23(10-12-24)15-16-3-1-7-21-14-16/h2-9,14H,10-13,15H2,1H3;1-8,13-14H,9-12,15H2. The van der Waals surface area contributed by atoms with Crippen molar-refractivity contribution in [2.24, 2.45) is 0 Å². The molecule has 0 saturated carbocycles. The van der Waals surface area contributed by atoms with Crippen molar-refractivity contribution >= 4 is 34.0 Å². The fraction of sp³-hybridized carbons (Fsp3) is 0.268. The second kappa shape index (κ2) is 17.0. The van der Waals surface area contributed by atoms with Gasteiger partial charge in [-0.25, -0.2) is 9.59 Å². The first-order chi connectivity index (χ1) is 25.9. The number of piperazine rings is 2. The molecule has 2 amide bonds. The molecule has 0 atom stereocenters. The quantitative estimate of drug-likeness (QED) is 0.198. The minimum atomic E-state index is -0.307. The number of benzene rings is 2. The molecular formula is C41H42N8O4.